The molecule has 4 nitrogen and oxygen atoms in total. The molecule has 64 heavy (non-hydrogen) atoms. The Kier molecular flexibility index (Phi) is 8.23. The van der Waals surface area contributed by atoms with Crippen LogP contribution in [-0.4, -0.2) is 21.6 Å². The summed E-state index contributed by atoms with van der Waals surface area (Å²) in [4.78, 5) is 10.1. The van der Waals surface area contributed by atoms with Crippen LogP contribution in [0.5, 0.6) is 5.75 Å². The highest BCUT2D eigenvalue weighted by Gasteiger charge is 2.28. The topological polar surface area (TPSA) is 39.9 Å². The van der Waals surface area contributed by atoms with Crippen LogP contribution in [0.2, 0.25) is 0 Å². The predicted molar refractivity (Wildman–Crippen MR) is 270 cm³/mol. The molecule has 0 spiro atoms. The number of pyridine rings is 1. The van der Waals surface area contributed by atoms with E-state index in [1.165, 1.54) is 5.56 Å². The van der Waals surface area contributed by atoms with Crippen molar-refractivity contribution in [3.63, 3.8) is 0 Å². The second-order valence-electron chi connectivity index (χ2n) is 18.5. The average Bonchev–Trinajstić information content (AvgIpc) is 3.74. The van der Waals surface area contributed by atoms with Crippen molar-refractivity contribution >= 4 is 11.0 Å². The van der Waals surface area contributed by atoms with Crippen LogP contribution < -0.4 is 4.74 Å². The van der Waals surface area contributed by atoms with Crippen molar-refractivity contribution in [3.05, 3.63) is 192 Å². The lowest BCUT2D eigenvalue weighted by Crippen LogP contribution is -2.14. The van der Waals surface area contributed by atoms with Crippen LogP contribution in [0.15, 0.2) is 164 Å². The Hall–Kier alpha value is -7.04. The number of fused-ring (bicyclic) bond motifs is 1. The molecule has 0 radical (unpaired) electrons. The summed E-state index contributed by atoms with van der Waals surface area (Å²) in [5.41, 5.74) is 10.9. The number of rotatable bonds is 8. The van der Waals surface area contributed by atoms with Gasteiger partial charge >= 0.3 is 0 Å². The van der Waals surface area contributed by atoms with Crippen molar-refractivity contribution in [1.82, 2.24) is 14.5 Å². The Morgan fingerprint density at radius 3 is 1.92 bits per heavy atom. The summed E-state index contributed by atoms with van der Waals surface area (Å²) in [5, 5.41) is 0. The minimum absolute atomic E-state index is 0.0247. The molecule has 2 aromatic heterocycles. The van der Waals surface area contributed by atoms with Crippen LogP contribution in [0.4, 0.5) is 0 Å². The van der Waals surface area contributed by atoms with Crippen LogP contribution in [0, 0.1) is 20.7 Å². The maximum Gasteiger partial charge on any atom is 0.149 e. The van der Waals surface area contributed by atoms with E-state index in [4.69, 9.17) is 22.1 Å². The van der Waals surface area contributed by atoms with Crippen molar-refractivity contribution in [2.45, 2.75) is 73.1 Å². The molecular weight excluding hydrogens is 779 g/mol. The molecule has 0 saturated heterocycles. The molecule has 0 saturated carbocycles. The Balaban J connectivity index is 1.38. The molecule has 0 aliphatic rings. The molecule has 0 atom stereocenters. The van der Waals surface area contributed by atoms with Gasteiger partial charge in [0.2, 0.25) is 0 Å². The van der Waals surface area contributed by atoms with Crippen LogP contribution in [0.25, 0.3) is 83.9 Å². The lowest BCUT2D eigenvalue weighted by Gasteiger charge is -2.27. The van der Waals surface area contributed by atoms with Gasteiger partial charge in [-0.15, -0.1) is 0 Å². The third kappa shape index (κ3) is 8.05. The van der Waals surface area contributed by atoms with Gasteiger partial charge < -0.3 is 4.74 Å². The molecule has 0 fully saturated rings. The highest BCUT2D eigenvalue weighted by atomic mass is 16.5. The van der Waals surface area contributed by atoms with E-state index in [2.05, 4.69) is 131 Å². The van der Waals surface area contributed by atoms with Gasteiger partial charge in [0, 0.05) is 27.0 Å². The van der Waals surface area contributed by atoms with Gasteiger partial charge in [0.1, 0.15) is 11.6 Å². The molecule has 318 valence electrons. The zero-order valence-electron chi connectivity index (χ0n) is 47.8. The number of benzene rings is 7. The highest BCUT2D eigenvalue weighted by Crippen LogP contribution is 2.46. The van der Waals surface area contributed by atoms with Crippen molar-refractivity contribution in [1.29, 1.82) is 0 Å². The first-order chi connectivity index (χ1) is 34.8. The number of hydrogen-bond donors (Lipinski definition) is 0. The predicted octanol–water partition coefficient (Wildman–Crippen LogP) is 16.0. The van der Waals surface area contributed by atoms with E-state index in [1.807, 2.05) is 55.5 Å². The number of para-hydroxylation sites is 1. The lowest BCUT2D eigenvalue weighted by molar-refractivity contribution is 0.413. The van der Waals surface area contributed by atoms with Crippen LogP contribution in [-0.2, 0) is 10.8 Å². The number of ether oxygens (including phenoxy) is 1. The summed E-state index contributed by atoms with van der Waals surface area (Å²) >= 11 is 0. The standard InChI is InChI=1S/C60H57N3O/c1-38-24-26-41(27-25-38)44-28-29-61-53(35-44)46-32-45(33-47(34-46)59(4,5)6)48-22-17-23-54-56(48)62-58(51-31-39(2)30-40(3)57(51)64-10)63(54)55-37-49(42-18-13-11-14-19-42)52(60(7,8)9)36-50(55)43-20-15-12-16-21-43/h11-37H,1-10H3/i1D3,24D,25D,26D,27D,28D,29D,35D. The zero-order valence-corrected chi connectivity index (χ0v) is 37.8. The molecule has 2 heterocycles. The van der Waals surface area contributed by atoms with Gasteiger partial charge in [-0.3, -0.25) is 9.55 Å². The first-order valence-corrected chi connectivity index (χ1v) is 21.5. The van der Waals surface area contributed by atoms with Gasteiger partial charge in [-0.25, -0.2) is 4.98 Å². The quantitative estimate of drug-likeness (QED) is 0.153. The molecule has 7 aromatic carbocycles. The molecule has 0 aliphatic carbocycles. The van der Waals surface area contributed by atoms with Gasteiger partial charge in [-0.2, -0.15) is 0 Å². The van der Waals surface area contributed by atoms with E-state index in [9.17, 15) is 1.37 Å². The van der Waals surface area contributed by atoms with Crippen LogP contribution in [0.3, 0.4) is 0 Å². The Morgan fingerprint density at radius 2 is 1.27 bits per heavy atom. The van der Waals surface area contributed by atoms with E-state index in [1.54, 1.807) is 7.11 Å². The minimum atomic E-state index is -2.96. The SMILES string of the molecule is [2H]c1nc(-c2cc(-c3cccc4c3nc(-c3cc(C)cc(C)c3OC)n4-c3cc(-c4ccccc4)c(C(C)(C)C)cc3-c3ccccc3)cc(C(C)(C)C)c2)c([2H])c(-c2c([2H])c([2H])c(C([2H])([2H])[2H])c([2H])c2[2H])c1[2H]. The van der Waals surface area contributed by atoms with Crippen molar-refractivity contribution in [2.75, 3.05) is 7.11 Å². The van der Waals surface area contributed by atoms with Crippen molar-refractivity contribution < 1.29 is 18.4 Å². The van der Waals surface area contributed by atoms with Gasteiger partial charge in [0.15, 0.2) is 0 Å². The van der Waals surface area contributed by atoms with Crippen LogP contribution >= 0.6 is 0 Å². The summed E-state index contributed by atoms with van der Waals surface area (Å²) in [6.07, 6.45) is -0.556. The number of methoxy groups -OCH3 is 1. The smallest absolute Gasteiger partial charge is 0.149 e. The summed E-state index contributed by atoms with van der Waals surface area (Å²) in [7, 11) is 1.68. The van der Waals surface area contributed by atoms with Gasteiger partial charge in [0.25, 0.3) is 0 Å². The fraction of sp³-hybridized carbons (Fsp3) is 0.200. The van der Waals surface area contributed by atoms with Gasteiger partial charge in [-0.05, 0) is 136 Å². The number of aromatic nitrogens is 3. The van der Waals surface area contributed by atoms with Gasteiger partial charge in [0.05, 0.1) is 44.7 Å². The number of hydrogen-bond acceptors (Lipinski definition) is 3. The van der Waals surface area contributed by atoms with E-state index >= 15 is 0 Å². The van der Waals surface area contributed by atoms with E-state index in [-0.39, 0.29) is 16.7 Å². The monoisotopic (exact) mass is 846 g/mol. The van der Waals surface area contributed by atoms with Crippen molar-refractivity contribution in [3.8, 4) is 78.6 Å². The molecule has 0 amide bonds. The Morgan fingerprint density at radius 1 is 0.578 bits per heavy atom. The maximum absolute atomic E-state index is 9.63. The molecular formula is C60H57N3O. The normalized spacial score (nSPS) is 14.3. The fourth-order valence-electron chi connectivity index (χ4n) is 8.62. The zero-order chi connectivity index (χ0) is 53.5. The highest BCUT2D eigenvalue weighted by molar-refractivity contribution is 5.98. The summed E-state index contributed by atoms with van der Waals surface area (Å²) < 4.78 is 94.9. The molecule has 0 bridgehead atoms. The largest absolute Gasteiger partial charge is 0.496 e. The second kappa shape index (κ2) is 16.6. The summed E-state index contributed by atoms with van der Waals surface area (Å²) in [6.45, 7) is 14.0. The molecule has 0 aliphatic heterocycles. The molecule has 0 unspecified atom stereocenters. The summed E-state index contributed by atoms with van der Waals surface area (Å²) in [5.74, 6) is 1.34. The van der Waals surface area contributed by atoms with Gasteiger partial charge in [-0.1, -0.05) is 156 Å². The first-order valence-electron chi connectivity index (χ1n) is 26.5. The third-order valence-corrected chi connectivity index (χ3v) is 11.8. The maximum atomic E-state index is 9.63. The Labute approximate surface area is 393 Å². The second-order valence-corrected chi connectivity index (χ2v) is 18.5. The lowest BCUT2D eigenvalue weighted by atomic mass is 9.79. The Bertz CT molecular complexity index is 3670. The minimum Gasteiger partial charge on any atom is -0.496 e. The fourth-order valence-corrected chi connectivity index (χ4v) is 8.62. The number of imidazole rings is 1. The summed E-state index contributed by atoms with van der Waals surface area (Å²) in [6, 6.07) is 37.4. The van der Waals surface area contributed by atoms with Crippen LogP contribution in [0.1, 0.15) is 83.1 Å². The van der Waals surface area contributed by atoms with E-state index in [0.717, 1.165) is 61.3 Å². The van der Waals surface area contributed by atoms with E-state index < -0.39 is 65.8 Å². The number of aryl methyl sites for hydroxylation is 2. The van der Waals surface area contributed by atoms with Crippen molar-refractivity contribution in [2.24, 2.45) is 0 Å². The average molecular weight is 846 g/mol. The molecule has 4 heteroatoms. The third-order valence-electron chi connectivity index (χ3n) is 11.8. The van der Waals surface area contributed by atoms with E-state index in [0.29, 0.717) is 28.2 Å². The number of nitrogens with zero attached hydrogens (tertiary/aromatic N) is 3. The molecule has 0 N–H and O–H groups in total. The molecule has 9 aromatic rings. The first kappa shape index (κ1) is 31.7. The molecule has 9 rings (SSSR count).